The molecule has 5 heteroatoms. The van der Waals surface area contributed by atoms with Crippen LogP contribution in [0.15, 0.2) is 42.5 Å². The number of rotatable bonds is 4. The number of carbonyl (C=O) groups excluding carboxylic acids is 1. The minimum atomic E-state index is -1.27. The van der Waals surface area contributed by atoms with E-state index >= 15 is 0 Å². The minimum Gasteiger partial charge on any atom is -0.481 e. The molecule has 1 aliphatic heterocycles. The van der Waals surface area contributed by atoms with Gasteiger partial charge in [0.1, 0.15) is 0 Å². The summed E-state index contributed by atoms with van der Waals surface area (Å²) in [5.74, 6) is -1.13. The fraction of sp³-hybridized carbons (Fsp3) is 0.368. The summed E-state index contributed by atoms with van der Waals surface area (Å²) in [5.41, 5.74) is -0.592. The second-order valence-corrected chi connectivity index (χ2v) is 6.33. The first-order valence-electron chi connectivity index (χ1n) is 8.09. The van der Waals surface area contributed by atoms with E-state index < -0.39 is 11.4 Å². The summed E-state index contributed by atoms with van der Waals surface area (Å²) in [6, 6.07) is 13.3. The summed E-state index contributed by atoms with van der Waals surface area (Å²) >= 11 is 0. The van der Waals surface area contributed by atoms with Gasteiger partial charge >= 0.3 is 5.97 Å². The Morgan fingerprint density at radius 3 is 2.50 bits per heavy atom. The van der Waals surface area contributed by atoms with Gasteiger partial charge in [0.05, 0.1) is 18.6 Å². The van der Waals surface area contributed by atoms with E-state index in [1.165, 1.54) is 0 Å². The first-order valence-corrected chi connectivity index (χ1v) is 8.09. The van der Waals surface area contributed by atoms with Crippen LogP contribution in [0.25, 0.3) is 10.8 Å². The Bertz CT molecular complexity index is 762. The number of hydrogen-bond donors (Lipinski definition) is 1. The molecule has 1 fully saturated rings. The second kappa shape index (κ2) is 6.61. The maximum absolute atomic E-state index is 12.6. The molecule has 5 nitrogen and oxygen atoms in total. The van der Waals surface area contributed by atoms with Crippen LogP contribution >= 0.6 is 0 Å². The van der Waals surface area contributed by atoms with E-state index in [1.54, 1.807) is 11.8 Å². The van der Waals surface area contributed by atoms with Crippen molar-refractivity contribution in [1.29, 1.82) is 0 Å². The highest BCUT2D eigenvalue weighted by atomic mass is 16.5. The van der Waals surface area contributed by atoms with Crippen LogP contribution in [0.4, 0.5) is 0 Å². The molecule has 1 amide bonds. The molecule has 1 heterocycles. The predicted molar refractivity (Wildman–Crippen MR) is 91.0 cm³/mol. The lowest BCUT2D eigenvalue weighted by atomic mass is 9.77. The van der Waals surface area contributed by atoms with E-state index in [4.69, 9.17) is 4.74 Å². The third-order valence-corrected chi connectivity index (χ3v) is 4.72. The van der Waals surface area contributed by atoms with Gasteiger partial charge < -0.3 is 14.7 Å². The third kappa shape index (κ3) is 2.99. The van der Waals surface area contributed by atoms with Gasteiger partial charge in [-0.1, -0.05) is 42.5 Å². The van der Waals surface area contributed by atoms with Gasteiger partial charge in [0.15, 0.2) is 0 Å². The van der Waals surface area contributed by atoms with Crippen LogP contribution in [0.2, 0.25) is 0 Å². The minimum absolute atomic E-state index is 0.0592. The van der Waals surface area contributed by atoms with Crippen LogP contribution in [0, 0.1) is 0 Å². The van der Waals surface area contributed by atoms with Crippen LogP contribution < -0.4 is 0 Å². The average molecular weight is 327 g/mol. The zero-order chi connectivity index (χ0) is 17.2. The van der Waals surface area contributed by atoms with Gasteiger partial charge in [-0.05, 0) is 23.3 Å². The maximum Gasteiger partial charge on any atom is 0.314 e. The number of morpholine rings is 1. The van der Waals surface area contributed by atoms with E-state index in [0.717, 1.165) is 10.8 Å². The van der Waals surface area contributed by atoms with Gasteiger partial charge in [0.2, 0.25) is 5.91 Å². The SMILES string of the molecule is C[C@](CC(=O)N1CCOCC1)(C(=O)O)c1cccc2ccccc12. The van der Waals surface area contributed by atoms with Gasteiger partial charge in [-0.2, -0.15) is 0 Å². The summed E-state index contributed by atoms with van der Waals surface area (Å²) in [4.78, 5) is 26.4. The number of carboxylic acid groups (broad SMARTS) is 1. The number of carbonyl (C=O) groups is 2. The number of aliphatic carboxylic acids is 1. The van der Waals surface area contributed by atoms with Crippen LogP contribution in [0.3, 0.4) is 0 Å². The third-order valence-electron chi connectivity index (χ3n) is 4.72. The molecule has 0 radical (unpaired) electrons. The van der Waals surface area contributed by atoms with Gasteiger partial charge in [-0.25, -0.2) is 0 Å². The van der Waals surface area contributed by atoms with E-state index in [0.29, 0.717) is 31.9 Å². The highest BCUT2D eigenvalue weighted by Crippen LogP contribution is 2.34. The highest BCUT2D eigenvalue weighted by Gasteiger charge is 2.40. The standard InChI is InChI=1S/C19H21NO4/c1-19(18(22)23,13-17(21)20-9-11-24-12-10-20)16-8-4-6-14-5-2-3-7-15(14)16/h2-8H,9-13H2,1H3,(H,22,23)/t19-/m1/s1. The number of ether oxygens (including phenoxy) is 1. The molecule has 1 N–H and O–H groups in total. The summed E-state index contributed by atoms with van der Waals surface area (Å²) in [6.07, 6.45) is -0.0592. The van der Waals surface area contributed by atoms with Crippen LogP contribution in [0.5, 0.6) is 0 Å². The molecule has 0 unspecified atom stereocenters. The molecule has 0 bridgehead atoms. The monoisotopic (exact) mass is 327 g/mol. The molecule has 0 aromatic heterocycles. The molecule has 24 heavy (non-hydrogen) atoms. The lowest BCUT2D eigenvalue weighted by molar-refractivity contribution is -0.148. The molecular formula is C19H21NO4. The summed E-state index contributed by atoms with van der Waals surface area (Å²) in [5, 5.41) is 11.7. The van der Waals surface area contributed by atoms with E-state index in [2.05, 4.69) is 0 Å². The fourth-order valence-electron chi connectivity index (χ4n) is 3.22. The highest BCUT2D eigenvalue weighted by molar-refractivity contribution is 5.96. The summed E-state index contributed by atoms with van der Waals surface area (Å²) < 4.78 is 5.26. The Kier molecular flexibility index (Phi) is 4.53. The number of hydrogen-bond acceptors (Lipinski definition) is 3. The van der Waals surface area contributed by atoms with Crippen LogP contribution in [-0.4, -0.2) is 48.2 Å². The van der Waals surface area contributed by atoms with Crippen LogP contribution in [0.1, 0.15) is 18.9 Å². The van der Waals surface area contributed by atoms with E-state index in [1.807, 2.05) is 42.5 Å². The summed E-state index contributed by atoms with van der Waals surface area (Å²) in [6.45, 7) is 3.68. The molecular weight excluding hydrogens is 306 g/mol. The molecule has 0 aliphatic carbocycles. The fourth-order valence-corrected chi connectivity index (χ4v) is 3.22. The summed E-state index contributed by atoms with van der Waals surface area (Å²) in [7, 11) is 0. The van der Waals surface area contributed by atoms with Crippen molar-refractivity contribution in [2.75, 3.05) is 26.3 Å². The first-order chi connectivity index (χ1) is 11.5. The molecule has 126 valence electrons. The normalized spacial score (nSPS) is 17.5. The topological polar surface area (TPSA) is 66.8 Å². The first kappa shape index (κ1) is 16.5. The largest absolute Gasteiger partial charge is 0.481 e. The van der Waals surface area contributed by atoms with Crippen molar-refractivity contribution in [2.45, 2.75) is 18.8 Å². The van der Waals surface area contributed by atoms with E-state index in [9.17, 15) is 14.7 Å². The van der Waals surface area contributed by atoms with E-state index in [-0.39, 0.29) is 12.3 Å². The molecule has 1 saturated heterocycles. The maximum atomic E-state index is 12.6. The lowest BCUT2D eigenvalue weighted by Gasteiger charge is -2.32. The number of amides is 1. The van der Waals surface area contributed by atoms with Crippen molar-refractivity contribution in [3.63, 3.8) is 0 Å². The van der Waals surface area contributed by atoms with Gasteiger partial charge in [-0.3, -0.25) is 9.59 Å². The molecule has 1 atom stereocenters. The quantitative estimate of drug-likeness (QED) is 0.936. The molecule has 1 aliphatic rings. The number of fused-ring (bicyclic) bond motifs is 1. The smallest absolute Gasteiger partial charge is 0.314 e. The zero-order valence-electron chi connectivity index (χ0n) is 13.7. The van der Waals surface area contributed by atoms with Crippen molar-refractivity contribution >= 4 is 22.6 Å². The van der Waals surface area contributed by atoms with Gasteiger partial charge in [0, 0.05) is 19.5 Å². The van der Waals surface area contributed by atoms with Crippen molar-refractivity contribution in [2.24, 2.45) is 0 Å². The van der Waals surface area contributed by atoms with Crippen molar-refractivity contribution in [3.05, 3.63) is 48.0 Å². The average Bonchev–Trinajstić information content (AvgIpc) is 2.61. The van der Waals surface area contributed by atoms with Crippen molar-refractivity contribution < 1.29 is 19.4 Å². The Morgan fingerprint density at radius 2 is 1.79 bits per heavy atom. The van der Waals surface area contributed by atoms with Crippen molar-refractivity contribution in [3.8, 4) is 0 Å². The molecule has 3 rings (SSSR count). The molecule has 2 aromatic rings. The Hall–Kier alpha value is -2.40. The van der Waals surface area contributed by atoms with Crippen molar-refractivity contribution in [1.82, 2.24) is 4.90 Å². The number of benzene rings is 2. The van der Waals surface area contributed by atoms with Gasteiger partial charge in [-0.15, -0.1) is 0 Å². The van der Waals surface area contributed by atoms with Crippen LogP contribution in [-0.2, 0) is 19.7 Å². The molecule has 2 aromatic carbocycles. The Morgan fingerprint density at radius 1 is 1.12 bits per heavy atom. The molecule has 0 spiro atoms. The van der Waals surface area contributed by atoms with Gasteiger partial charge in [0.25, 0.3) is 0 Å². The number of nitrogens with zero attached hydrogens (tertiary/aromatic N) is 1. The Labute approximate surface area is 140 Å². The number of carboxylic acids is 1. The predicted octanol–water partition coefficient (Wildman–Crippen LogP) is 2.43. The lowest BCUT2D eigenvalue weighted by Crippen LogP contribution is -2.45. The Balaban J connectivity index is 1.98. The zero-order valence-corrected chi connectivity index (χ0v) is 13.7. The molecule has 0 saturated carbocycles. The second-order valence-electron chi connectivity index (χ2n) is 6.33.